The Kier molecular flexibility index (Phi) is 3.46. The molecule has 116 valence electrons. The van der Waals surface area contributed by atoms with E-state index < -0.39 is 32.4 Å². The van der Waals surface area contributed by atoms with Crippen molar-refractivity contribution in [1.82, 2.24) is 0 Å². The summed E-state index contributed by atoms with van der Waals surface area (Å²) >= 11 is 0. The molecule has 0 saturated heterocycles. The lowest BCUT2D eigenvalue weighted by atomic mass is 10.0. The third-order valence-electron chi connectivity index (χ3n) is 4.24. The molecule has 6 heteroatoms. The largest absolute Gasteiger partial charge is 0.480 e. The van der Waals surface area contributed by atoms with Gasteiger partial charge in [-0.1, -0.05) is 48.5 Å². The van der Waals surface area contributed by atoms with E-state index in [4.69, 9.17) is 0 Å². The summed E-state index contributed by atoms with van der Waals surface area (Å²) in [4.78, 5) is 11.7. The summed E-state index contributed by atoms with van der Waals surface area (Å²) in [7, 11) is -3.93. The molecule has 3 rings (SSSR count). The van der Waals surface area contributed by atoms with Crippen LogP contribution >= 0.6 is 0 Å². The Morgan fingerprint density at radius 2 is 1.57 bits per heavy atom. The predicted octanol–water partition coefficient (Wildman–Crippen LogP) is 2.22. The van der Waals surface area contributed by atoms with Crippen molar-refractivity contribution in [2.75, 3.05) is 0 Å². The molecule has 0 unspecified atom stereocenters. The van der Waals surface area contributed by atoms with Crippen LogP contribution in [0.1, 0.15) is 11.5 Å². The van der Waals surface area contributed by atoms with E-state index in [1.165, 1.54) is 12.1 Å². The highest BCUT2D eigenvalue weighted by molar-refractivity contribution is 7.92. The molecular weight excluding hydrogens is 314 g/mol. The third kappa shape index (κ3) is 2.13. The van der Waals surface area contributed by atoms with Crippen LogP contribution in [0.4, 0.5) is 0 Å². The molecule has 1 aliphatic rings. The van der Waals surface area contributed by atoms with Crippen LogP contribution in [0, 0.1) is 16.7 Å². The van der Waals surface area contributed by atoms with Crippen LogP contribution in [-0.4, -0.2) is 24.7 Å². The van der Waals surface area contributed by atoms with Crippen LogP contribution in [0.5, 0.6) is 0 Å². The number of carboxylic acid groups (broad SMARTS) is 1. The fraction of sp³-hybridized carbons (Fsp3) is 0.176. The molecule has 1 fully saturated rings. The first kappa shape index (κ1) is 15.3. The van der Waals surface area contributed by atoms with Crippen molar-refractivity contribution >= 4 is 15.8 Å². The maximum Gasteiger partial charge on any atom is 0.326 e. The minimum atomic E-state index is -3.93. The van der Waals surface area contributed by atoms with Gasteiger partial charge in [0, 0.05) is 5.92 Å². The Balaban J connectivity index is 2.14. The van der Waals surface area contributed by atoms with E-state index in [0.29, 0.717) is 5.56 Å². The fourth-order valence-electron chi connectivity index (χ4n) is 3.07. The summed E-state index contributed by atoms with van der Waals surface area (Å²) in [6.07, 6.45) is 0. The number of hydrogen-bond donors (Lipinski definition) is 1. The molecule has 5 nitrogen and oxygen atoms in total. The van der Waals surface area contributed by atoms with Gasteiger partial charge in [0.15, 0.2) is 15.3 Å². The zero-order chi connectivity index (χ0) is 16.7. The first-order valence-corrected chi connectivity index (χ1v) is 8.49. The van der Waals surface area contributed by atoms with Crippen molar-refractivity contribution in [3.63, 3.8) is 0 Å². The fourth-order valence-corrected chi connectivity index (χ4v) is 5.34. The van der Waals surface area contributed by atoms with Crippen molar-refractivity contribution in [2.45, 2.75) is 16.1 Å². The molecule has 0 aromatic heterocycles. The van der Waals surface area contributed by atoms with Crippen molar-refractivity contribution in [3.05, 3.63) is 66.2 Å². The molecule has 23 heavy (non-hydrogen) atoms. The van der Waals surface area contributed by atoms with Gasteiger partial charge >= 0.3 is 5.97 Å². The molecule has 1 N–H and O–H groups in total. The summed E-state index contributed by atoms with van der Waals surface area (Å²) in [5.74, 6) is -2.28. The quantitative estimate of drug-likeness (QED) is 0.929. The van der Waals surface area contributed by atoms with E-state index in [1.807, 2.05) is 0 Å². The van der Waals surface area contributed by atoms with Crippen molar-refractivity contribution in [1.29, 1.82) is 5.26 Å². The molecular formula is C17H13NO4S. The van der Waals surface area contributed by atoms with E-state index >= 15 is 0 Å². The molecule has 0 bridgehead atoms. The summed E-state index contributed by atoms with van der Waals surface area (Å²) < 4.78 is 25.7. The number of carbonyl (C=O) groups is 1. The summed E-state index contributed by atoms with van der Waals surface area (Å²) in [6.45, 7) is 0. The molecule has 0 aliphatic heterocycles. The zero-order valence-corrected chi connectivity index (χ0v) is 12.8. The first-order chi connectivity index (χ1) is 11.0. The van der Waals surface area contributed by atoms with Crippen LogP contribution in [-0.2, 0) is 14.6 Å². The van der Waals surface area contributed by atoms with Crippen molar-refractivity contribution in [2.24, 2.45) is 5.41 Å². The first-order valence-electron chi connectivity index (χ1n) is 6.95. The zero-order valence-electron chi connectivity index (χ0n) is 12.0. The minimum absolute atomic E-state index is 0.0318. The van der Waals surface area contributed by atoms with Gasteiger partial charge in [0.2, 0.25) is 0 Å². The molecule has 0 spiro atoms. The average Bonchev–Trinajstić information content (AvgIpc) is 3.28. The lowest BCUT2D eigenvalue weighted by Crippen LogP contribution is -2.22. The van der Waals surface area contributed by atoms with Gasteiger partial charge in [0.1, 0.15) is 5.25 Å². The lowest BCUT2D eigenvalue weighted by Gasteiger charge is -2.04. The van der Waals surface area contributed by atoms with Crippen LogP contribution < -0.4 is 0 Å². The summed E-state index contributed by atoms with van der Waals surface area (Å²) in [6, 6.07) is 17.9. The number of sulfone groups is 1. The van der Waals surface area contributed by atoms with Gasteiger partial charge in [-0.3, -0.25) is 4.79 Å². The van der Waals surface area contributed by atoms with Gasteiger partial charge in [-0.15, -0.1) is 0 Å². The van der Waals surface area contributed by atoms with Gasteiger partial charge in [-0.2, -0.15) is 5.26 Å². The van der Waals surface area contributed by atoms with E-state index in [-0.39, 0.29) is 4.90 Å². The van der Waals surface area contributed by atoms with E-state index in [9.17, 15) is 23.6 Å². The molecule has 0 radical (unpaired) electrons. The molecule has 3 atom stereocenters. The van der Waals surface area contributed by atoms with Gasteiger partial charge in [-0.25, -0.2) is 8.42 Å². The topological polar surface area (TPSA) is 95.2 Å². The second-order valence-electron chi connectivity index (χ2n) is 5.45. The number of nitriles is 1. The SMILES string of the molecule is N#C[C@@]1(C(=O)O)[C@H](S(=O)(=O)c2ccccc2)[C@@H]1c1ccccc1. The summed E-state index contributed by atoms with van der Waals surface area (Å²) in [5.41, 5.74) is -1.41. The van der Waals surface area contributed by atoms with Gasteiger partial charge in [-0.05, 0) is 17.7 Å². The highest BCUT2D eigenvalue weighted by Crippen LogP contribution is 2.63. The molecule has 2 aromatic carbocycles. The van der Waals surface area contributed by atoms with Crippen molar-refractivity contribution in [3.8, 4) is 6.07 Å². The molecule has 0 amide bonds. The number of carboxylic acids is 1. The maximum absolute atomic E-state index is 12.8. The standard InChI is InChI=1S/C17H13NO4S/c18-11-17(16(19)20)14(12-7-3-1-4-8-12)15(17)23(21,22)13-9-5-2-6-10-13/h1-10,14-15H,(H,19,20)/t14-,15+,17-/m0/s1. The smallest absolute Gasteiger partial charge is 0.326 e. The van der Waals surface area contributed by atoms with Crippen LogP contribution in [0.3, 0.4) is 0 Å². The second kappa shape index (κ2) is 5.21. The Morgan fingerprint density at radius 1 is 1.04 bits per heavy atom. The monoisotopic (exact) mass is 327 g/mol. The predicted molar refractivity (Wildman–Crippen MR) is 82.3 cm³/mol. The normalized spacial score (nSPS) is 26.2. The lowest BCUT2D eigenvalue weighted by molar-refractivity contribution is -0.141. The Hall–Kier alpha value is -2.65. The Bertz CT molecular complexity index is 887. The Labute approximate surface area is 133 Å². The highest BCUT2D eigenvalue weighted by atomic mass is 32.2. The molecule has 2 aromatic rings. The van der Waals surface area contributed by atoms with E-state index in [1.54, 1.807) is 54.6 Å². The number of benzene rings is 2. The molecule has 1 saturated carbocycles. The number of nitrogens with zero attached hydrogens (tertiary/aromatic N) is 1. The average molecular weight is 327 g/mol. The van der Waals surface area contributed by atoms with Gasteiger partial charge < -0.3 is 5.11 Å². The van der Waals surface area contributed by atoms with E-state index in [0.717, 1.165) is 0 Å². The Morgan fingerprint density at radius 3 is 2.04 bits per heavy atom. The minimum Gasteiger partial charge on any atom is -0.480 e. The number of hydrogen-bond acceptors (Lipinski definition) is 4. The second-order valence-corrected chi connectivity index (χ2v) is 7.52. The highest BCUT2D eigenvalue weighted by Gasteiger charge is 2.77. The van der Waals surface area contributed by atoms with Crippen molar-refractivity contribution < 1.29 is 18.3 Å². The summed E-state index contributed by atoms with van der Waals surface area (Å²) in [5, 5.41) is 17.7. The number of rotatable bonds is 4. The van der Waals surface area contributed by atoms with Crippen LogP contribution in [0.25, 0.3) is 0 Å². The number of aliphatic carboxylic acids is 1. The van der Waals surface area contributed by atoms with Gasteiger partial charge in [0.05, 0.1) is 11.0 Å². The van der Waals surface area contributed by atoms with Crippen LogP contribution in [0.2, 0.25) is 0 Å². The van der Waals surface area contributed by atoms with Crippen LogP contribution in [0.15, 0.2) is 65.6 Å². The third-order valence-corrected chi connectivity index (χ3v) is 6.48. The maximum atomic E-state index is 12.8. The van der Waals surface area contributed by atoms with Gasteiger partial charge in [0.25, 0.3) is 0 Å². The van der Waals surface area contributed by atoms with E-state index in [2.05, 4.69) is 0 Å². The molecule has 1 aliphatic carbocycles. The molecule has 0 heterocycles.